The van der Waals surface area contributed by atoms with E-state index in [9.17, 15) is 8.78 Å². The number of anilines is 2. The van der Waals surface area contributed by atoms with Crippen molar-refractivity contribution in [1.82, 2.24) is 4.98 Å². The number of hydrogen-bond acceptors (Lipinski definition) is 3. The topological polar surface area (TPSA) is 50.9 Å². The van der Waals surface area contributed by atoms with Crippen molar-refractivity contribution in [2.24, 2.45) is 5.73 Å². The summed E-state index contributed by atoms with van der Waals surface area (Å²) in [4.78, 5) is 4.25. The van der Waals surface area contributed by atoms with E-state index in [0.717, 1.165) is 6.07 Å². The maximum Gasteiger partial charge on any atom is 0.149 e. The number of aromatic nitrogens is 1. The lowest BCUT2D eigenvalue weighted by molar-refractivity contribution is 0.581. The molecule has 19 heavy (non-hydrogen) atoms. The predicted molar refractivity (Wildman–Crippen MR) is 77.5 cm³/mol. The Morgan fingerprint density at radius 3 is 2.68 bits per heavy atom. The van der Waals surface area contributed by atoms with Gasteiger partial charge in [0.2, 0.25) is 0 Å². The van der Waals surface area contributed by atoms with E-state index in [1.165, 1.54) is 6.07 Å². The Bertz CT molecular complexity index is 649. The molecule has 0 fully saturated rings. The molecule has 0 atom stereocenters. The Morgan fingerprint density at radius 1 is 1.26 bits per heavy atom. The summed E-state index contributed by atoms with van der Waals surface area (Å²) < 4.78 is 26.8. The van der Waals surface area contributed by atoms with Crippen molar-refractivity contribution in [3.8, 4) is 0 Å². The molecule has 0 saturated heterocycles. The van der Waals surface area contributed by atoms with Crippen LogP contribution in [-0.2, 0) is 0 Å². The van der Waals surface area contributed by atoms with Crippen LogP contribution in [0.3, 0.4) is 0 Å². The maximum absolute atomic E-state index is 13.6. The molecule has 0 radical (unpaired) electrons. The van der Waals surface area contributed by atoms with Crippen molar-refractivity contribution in [2.75, 3.05) is 5.32 Å². The molecule has 2 rings (SSSR count). The van der Waals surface area contributed by atoms with Crippen LogP contribution >= 0.6 is 28.1 Å². The van der Waals surface area contributed by atoms with Gasteiger partial charge in [0.1, 0.15) is 22.4 Å². The standard InChI is InChI=1S/C12H8BrF2N3S/c13-6-4-10(8(15)5-7(6)14)18-11-3-1-2-9(17-11)12(16)19/h1-5H,(H2,16,19)(H,17,18). The average Bonchev–Trinajstić information content (AvgIpc) is 2.36. The number of rotatable bonds is 3. The van der Waals surface area contributed by atoms with Gasteiger partial charge >= 0.3 is 0 Å². The summed E-state index contributed by atoms with van der Waals surface area (Å²) in [7, 11) is 0. The van der Waals surface area contributed by atoms with Crippen molar-refractivity contribution in [3.05, 3.63) is 52.1 Å². The number of nitrogens with two attached hydrogens (primary N) is 1. The summed E-state index contributed by atoms with van der Waals surface area (Å²) in [5, 5.41) is 2.74. The molecule has 1 aromatic heterocycles. The average molecular weight is 344 g/mol. The summed E-state index contributed by atoms with van der Waals surface area (Å²) in [6, 6.07) is 7.02. The lowest BCUT2D eigenvalue weighted by atomic mass is 10.3. The minimum absolute atomic E-state index is 0.0980. The van der Waals surface area contributed by atoms with Gasteiger partial charge in [0, 0.05) is 6.07 Å². The third-order valence-electron chi connectivity index (χ3n) is 2.27. The predicted octanol–water partition coefficient (Wildman–Crippen LogP) is 3.50. The first-order valence-corrected chi connectivity index (χ1v) is 6.36. The molecule has 0 amide bonds. The molecule has 0 aliphatic rings. The molecule has 0 unspecified atom stereocenters. The third-order valence-corrected chi connectivity index (χ3v) is 3.09. The second-order valence-electron chi connectivity index (χ2n) is 3.64. The lowest BCUT2D eigenvalue weighted by Gasteiger charge is -2.09. The first kappa shape index (κ1) is 13.8. The SMILES string of the molecule is NC(=S)c1cccc(Nc2cc(Br)c(F)cc2F)n1. The highest BCUT2D eigenvalue weighted by molar-refractivity contribution is 9.10. The second-order valence-corrected chi connectivity index (χ2v) is 4.94. The maximum atomic E-state index is 13.6. The zero-order valence-electron chi connectivity index (χ0n) is 9.45. The number of pyridine rings is 1. The molecule has 0 saturated carbocycles. The van der Waals surface area contributed by atoms with Gasteiger partial charge in [0.15, 0.2) is 0 Å². The quantitative estimate of drug-likeness (QED) is 0.661. The summed E-state index contributed by atoms with van der Waals surface area (Å²) >= 11 is 7.79. The highest BCUT2D eigenvalue weighted by atomic mass is 79.9. The minimum atomic E-state index is -0.719. The Hall–Kier alpha value is -1.60. The first-order valence-electron chi connectivity index (χ1n) is 5.16. The van der Waals surface area contributed by atoms with Crippen molar-refractivity contribution < 1.29 is 8.78 Å². The zero-order chi connectivity index (χ0) is 14.0. The number of nitrogens with one attached hydrogen (secondary N) is 1. The van der Waals surface area contributed by atoms with Crippen LogP contribution in [0, 0.1) is 11.6 Å². The molecule has 7 heteroatoms. The Labute approximate surface area is 122 Å². The fraction of sp³-hybridized carbons (Fsp3) is 0. The van der Waals surface area contributed by atoms with Crippen LogP contribution < -0.4 is 11.1 Å². The van der Waals surface area contributed by atoms with Crippen molar-refractivity contribution in [1.29, 1.82) is 0 Å². The van der Waals surface area contributed by atoms with Gasteiger partial charge in [-0.15, -0.1) is 0 Å². The van der Waals surface area contributed by atoms with Crippen LogP contribution in [0.2, 0.25) is 0 Å². The van der Waals surface area contributed by atoms with Crippen LogP contribution in [0.25, 0.3) is 0 Å². The summed E-state index contributed by atoms with van der Waals surface area (Å²) in [5.74, 6) is -1.03. The summed E-state index contributed by atoms with van der Waals surface area (Å²) in [6.45, 7) is 0. The monoisotopic (exact) mass is 343 g/mol. The third kappa shape index (κ3) is 3.24. The normalized spacial score (nSPS) is 10.3. The van der Waals surface area contributed by atoms with Crippen LogP contribution in [0.1, 0.15) is 5.69 Å². The Kier molecular flexibility index (Phi) is 4.06. The minimum Gasteiger partial charge on any atom is -0.388 e. The smallest absolute Gasteiger partial charge is 0.149 e. The molecule has 3 nitrogen and oxygen atoms in total. The van der Waals surface area contributed by atoms with E-state index in [1.807, 2.05) is 0 Å². The van der Waals surface area contributed by atoms with Gasteiger partial charge in [-0.05, 0) is 34.1 Å². The number of benzene rings is 1. The number of thiocarbonyl (C=S) groups is 1. The largest absolute Gasteiger partial charge is 0.388 e. The summed E-state index contributed by atoms with van der Waals surface area (Å²) in [5.41, 5.74) is 5.98. The van der Waals surface area contributed by atoms with Gasteiger partial charge in [0.05, 0.1) is 15.9 Å². The van der Waals surface area contributed by atoms with E-state index in [1.54, 1.807) is 18.2 Å². The molecule has 1 heterocycles. The zero-order valence-corrected chi connectivity index (χ0v) is 11.9. The Morgan fingerprint density at radius 2 is 2.00 bits per heavy atom. The van der Waals surface area contributed by atoms with Gasteiger partial charge in [-0.1, -0.05) is 18.3 Å². The Balaban J connectivity index is 2.33. The van der Waals surface area contributed by atoms with Crippen molar-refractivity contribution in [3.63, 3.8) is 0 Å². The lowest BCUT2D eigenvalue weighted by Crippen LogP contribution is -2.12. The van der Waals surface area contributed by atoms with Gasteiger partial charge in [0.25, 0.3) is 0 Å². The van der Waals surface area contributed by atoms with Gasteiger partial charge < -0.3 is 11.1 Å². The van der Waals surface area contributed by atoms with Gasteiger partial charge in [-0.25, -0.2) is 13.8 Å². The molecule has 98 valence electrons. The fourth-order valence-electron chi connectivity index (χ4n) is 1.40. The highest BCUT2D eigenvalue weighted by Crippen LogP contribution is 2.25. The highest BCUT2D eigenvalue weighted by Gasteiger charge is 2.09. The van der Waals surface area contributed by atoms with E-state index >= 15 is 0 Å². The number of hydrogen-bond donors (Lipinski definition) is 2. The first-order chi connectivity index (χ1) is 8.97. The fourth-order valence-corrected chi connectivity index (χ4v) is 1.85. The van der Waals surface area contributed by atoms with Crippen LogP contribution in [-0.4, -0.2) is 9.97 Å². The molecule has 2 aromatic rings. The van der Waals surface area contributed by atoms with E-state index in [-0.39, 0.29) is 15.1 Å². The number of nitrogens with zero attached hydrogens (tertiary/aromatic N) is 1. The van der Waals surface area contributed by atoms with E-state index in [2.05, 4.69) is 26.2 Å². The molecule has 3 N–H and O–H groups in total. The van der Waals surface area contributed by atoms with E-state index < -0.39 is 11.6 Å². The van der Waals surface area contributed by atoms with Crippen molar-refractivity contribution in [2.45, 2.75) is 0 Å². The van der Waals surface area contributed by atoms with Gasteiger partial charge in [-0.3, -0.25) is 0 Å². The van der Waals surface area contributed by atoms with Crippen LogP contribution in [0.5, 0.6) is 0 Å². The molecule has 0 bridgehead atoms. The number of halogens is 3. The summed E-state index contributed by atoms with van der Waals surface area (Å²) in [6.07, 6.45) is 0. The van der Waals surface area contributed by atoms with Gasteiger partial charge in [-0.2, -0.15) is 0 Å². The second kappa shape index (κ2) is 5.58. The van der Waals surface area contributed by atoms with E-state index in [4.69, 9.17) is 18.0 Å². The molecule has 1 aromatic carbocycles. The molecule has 0 aliphatic carbocycles. The van der Waals surface area contributed by atoms with E-state index in [0.29, 0.717) is 11.5 Å². The van der Waals surface area contributed by atoms with Crippen LogP contribution in [0.15, 0.2) is 34.8 Å². The molecular weight excluding hydrogens is 336 g/mol. The van der Waals surface area contributed by atoms with Crippen LogP contribution in [0.4, 0.5) is 20.3 Å². The molecule has 0 aliphatic heterocycles. The molecule has 0 spiro atoms. The van der Waals surface area contributed by atoms with Crippen molar-refractivity contribution >= 4 is 44.6 Å². The molecular formula is C12H8BrF2N3S.